The van der Waals surface area contributed by atoms with Crippen molar-refractivity contribution in [2.75, 3.05) is 26.5 Å². The predicted molar refractivity (Wildman–Crippen MR) is 152 cm³/mol. The molecule has 0 saturated carbocycles. The SMILES string of the molecule is CCCNC(=O)[C@@H](Cc1ccccc1)N(Cc1ccc(OC)cc1)C(=O)CN(Cc1ccccc1)S(C)(=O)=O. The summed E-state index contributed by atoms with van der Waals surface area (Å²) >= 11 is 0. The van der Waals surface area contributed by atoms with Gasteiger partial charge in [-0.2, -0.15) is 4.31 Å². The van der Waals surface area contributed by atoms with Crippen molar-refractivity contribution in [3.63, 3.8) is 0 Å². The van der Waals surface area contributed by atoms with Crippen molar-refractivity contribution >= 4 is 21.8 Å². The predicted octanol–water partition coefficient (Wildman–Crippen LogP) is 3.62. The number of hydrogen-bond donors (Lipinski definition) is 1. The van der Waals surface area contributed by atoms with E-state index in [1.807, 2.05) is 79.7 Å². The third-order valence-electron chi connectivity index (χ3n) is 6.31. The molecule has 0 unspecified atom stereocenters. The summed E-state index contributed by atoms with van der Waals surface area (Å²) in [5.74, 6) is -0.0689. The van der Waals surface area contributed by atoms with Crippen LogP contribution in [0.5, 0.6) is 5.75 Å². The van der Waals surface area contributed by atoms with Gasteiger partial charge in [0.05, 0.1) is 19.9 Å². The Bertz CT molecular complexity index is 1300. The molecule has 0 aliphatic heterocycles. The fourth-order valence-electron chi connectivity index (χ4n) is 4.17. The normalized spacial score (nSPS) is 12.1. The first kappa shape index (κ1) is 29.9. The van der Waals surface area contributed by atoms with E-state index in [-0.39, 0.29) is 25.4 Å². The van der Waals surface area contributed by atoms with E-state index in [1.54, 1.807) is 19.2 Å². The first-order chi connectivity index (χ1) is 18.7. The fourth-order valence-corrected chi connectivity index (χ4v) is 4.90. The molecular weight excluding hydrogens is 514 g/mol. The number of amides is 2. The lowest BCUT2D eigenvalue weighted by molar-refractivity contribution is -0.141. The Morgan fingerprint density at radius 3 is 1.95 bits per heavy atom. The molecule has 0 aliphatic rings. The maximum atomic E-state index is 13.9. The van der Waals surface area contributed by atoms with Crippen LogP contribution in [-0.2, 0) is 39.1 Å². The van der Waals surface area contributed by atoms with Gasteiger partial charge in [-0.25, -0.2) is 8.42 Å². The molecule has 0 aliphatic carbocycles. The molecule has 1 atom stereocenters. The maximum absolute atomic E-state index is 13.9. The lowest BCUT2D eigenvalue weighted by atomic mass is 10.0. The minimum absolute atomic E-state index is 0.0488. The molecule has 2 amide bonds. The second-order valence-electron chi connectivity index (χ2n) is 9.38. The van der Waals surface area contributed by atoms with Gasteiger partial charge in [0.15, 0.2) is 0 Å². The molecular formula is C30H37N3O5S. The van der Waals surface area contributed by atoms with Crippen LogP contribution in [0.15, 0.2) is 84.9 Å². The summed E-state index contributed by atoms with van der Waals surface area (Å²) < 4.78 is 31.8. The van der Waals surface area contributed by atoms with Gasteiger partial charge in [0.1, 0.15) is 11.8 Å². The number of benzene rings is 3. The van der Waals surface area contributed by atoms with Crippen molar-refractivity contribution in [2.24, 2.45) is 0 Å². The number of methoxy groups -OCH3 is 1. The molecule has 3 aromatic carbocycles. The number of carbonyl (C=O) groups is 2. The highest BCUT2D eigenvalue weighted by Gasteiger charge is 2.32. The standard InChI is InChI=1S/C30H37N3O5S/c1-4-19-31-30(35)28(20-24-11-7-5-8-12-24)33(22-26-15-17-27(38-2)18-16-26)29(34)23-32(39(3,36)37)21-25-13-9-6-10-14-25/h5-18,28H,4,19-23H2,1-3H3,(H,31,35)/t28-/m1/s1. The van der Waals surface area contributed by atoms with Gasteiger partial charge in [-0.1, -0.05) is 79.7 Å². The topological polar surface area (TPSA) is 96.0 Å². The summed E-state index contributed by atoms with van der Waals surface area (Å²) in [6.07, 6.45) is 2.12. The lowest BCUT2D eigenvalue weighted by Crippen LogP contribution is -2.53. The molecule has 0 heterocycles. The van der Waals surface area contributed by atoms with E-state index in [2.05, 4.69) is 5.32 Å². The van der Waals surface area contributed by atoms with Gasteiger partial charge >= 0.3 is 0 Å². The van der Waals surface area contributed by atoms with Crippen molar-refractivity contribution in [3.8, 4) is 5.75 Å². The monoisotopic (exact) mass is 551 g/mol. The molecule has 0 fully saturated rings. The van der Waals surface area contributed by atoms with Crippen LogP contribution >= 0.6 is 0 Å². The minimum atomic E-state index is -3.72. The van der Waals surface area contributed by atoms with Crippen molar-refractivity contribution in [2.45, 2.75) is 38.9 Å². The largest absolute Gasteiger partial charge is 0.497 e. The van der Waals surface area contributed by atoms with Gasteiger partial charge in [-0.3, -0.25) is 9.59 Å². The number of rotatable bonds is 14. The highest BCUT2D eigenvalue weighted by molar-refractivity contribution is 7.88. The van der Waals surface area contributed by atoms with Crippen molar-refractivity contribution in [3.05, 3.63) is 102 Å². The lowest BCUT2D eigenvalue weighted by Gasteiger charge is -2.33. The number of nitrogens with one attached hydrogen (secondary N) is 1. The van der Waals surface area contributed by atoms with E-state index in [0.717, 1.165) is 33.7 Å². The van der Waals surface area contributed by atoms with Crippen LogP contribution in [0, 0.1) is 0 Å². The van der Waals surface area contributed by atoms with Crippen LogP contribution in [0.25, 0.3) is 0 Å². The molecule has 3 aromatic rings. The summed E-state index contributed by atoms with van der Waals surface area (Å²) in [7, 11) is -2.15. The minimum Gasteiger partial charge on any atom is -0.497 e. The van der Waals surface area contributed by atoms with E-state index in [9.17, 15) is 18.0 Å². The van der Waals surface area contributed by atoms with Gasteiger partial charge < -0.3 is 15.0 Å². The number of nitrogens with zero attached hydrogens (tertiary/aromatic N) is 2. The number of hydrogen-bond acceptors (Lipinski definition) is 5. The van der Waals surface area contributed by atoms with Crippen LogP contribution in [0.2, 0.25) is 0 Å². The molecule has 3 rings (SSSR count). The Morgan fingerprint density at radius 1 is 0.846 bits per heavy atom. The van der Waals surface area contributed by atoms with Gasteiger partial charge in [-0.05, 0) is 35.2 Å². The smallest absolute Gasteiger partial charge is 0.243 e. The zero-order valence-corrected chi connectivity index (χ0v) is 23.6. The molecule has 1 N–H and O–H groups in total. The molecule has 0 spiro atoms. The quantitative estimate of drug-likeness (QED) is 0.330. The summed E-state index contributed by atoms with van der Waals surface area (Å²) in [5.41, 5.74) is 2.45. The zero-order chi connectivity index (χ0) is 28.3. The third kappa shape index (κ3) is 9.23. The van der Waals surface area contributed by atoms with Crippen molar-refractivity contribution < 1.29 is 22.7 Å². The molecule has 8 nitrogen and oxygen atoms in total. The Labute approximate surface area is 231 Å². The second-order valence-corrected chi connectivity index (χ2v) is 11.4. The van der Waals surface area contributed by atoms with E-state index in [4.69, 9.17) is 4.74 Å². The van der Waals surface area contributed by atoms with Crippen LogP contribution in [-0.4, -0.2) is 61.9 Å². The number of ether oxygens (including phenoxy) is 1. The molecule has 208 valence electrons. The van der Waals surface area contributed by atoms with E-state index < -0.39 is 28.5 Å². The average Bonchev–Trinajstić information content (AvgIpc) is 2.94. The van der Waals surface area contributed by atoms with E-state index in [1.165, 1.54) is 4.90 Å². The highest BCUT2D eigenvalue weighted by Crippen LogP contribution is 2.19. The van der Waals surface area contributed by atoms with Crippen LogP contribution in [0.3, 0.4) is 0 Å². The van der Waals surface area contributed by atoms with Crippen LogP contribution in [0.4, 0.5) is 0 Å². The van der Waals surface area contributed by atoms with Crippen LogP contribution < -0.4 is 10.1 Å². The molecule has 0 bridgehead atoms. The third-order valence-corrected chi connectivity index (χ3v) is 7.51. The van der Waals surface area contributed by atoms with Gasteiger partial charge in [0, 0.05) is 26.1 Å². The van der Waals surface area contributed by atoms with Gasteiger partial charge in [-0.15, -0.1) is 0 Å². The van der Waals surface area contributed by atoms with E-state index in [0.29, 0.717) is 12.3 Å². The molecule has 0 radical (unpaired) electrons. The van der Waals surface area contributed by atoms with E-state index >= 15 is 0 Å². The Balaban J connectivity index is 1.98. The summed E-state index contributed by atoms with van der Waals surface area (Å²) in [6.45, 7) is 2.21. The van der Waals surface area contributed by atoms with Crippen LogP contribution in [0.1, 0.15) is 30.0 Å². The summed E-state index contributed by atoms with van der Waals surface area (Å²) in [5, 5.41) is 2.93. The van der Waals surface area contributed by atoms with Gasteiger partial charge in [0.25, 0.3) is 0 Å². The number of sulfonamides is 1. The maximum Gasteiger partial charge on any atom is 0.243 e. The molecule has 39 heavy (non-hydrogen) atoms. The first-order valence-corrected chi connectivity index (χ1v) is 14.8. The second kappa shape index (κ2) is 14.5. The Kier molecular flexibility index (Phi) is 11.1. The Hall–Kier alpha value is -3.69. The van der Waals surface area contributed by atoms with Crippen molar-refractivity contribution in [1.82, 2.24) is 14.5 Å². The molecule has 9 heteroatoms. The summed E-state index contributed by atoms with van der Waals surface area (Å²) in [6, 6.07) is 25.0. The zero-order valence-electron chi connectivity index (χ0n) is 22.7. The number of carbonyl (C=O) groups excluding carboxylic acids is 2. The summed E-state index contributed by atoms with van der Waals surface area (Å²) in [4.78, 5) is 28.9. The average molecular weight is 552 g/mol. The molecule has 0 saturated heterocycles. The first-order valence-electron chi connectivity index (χ1n) is 12.9. The molecule has 0 aromatic heterocycles. The Morgan fingerprint density at radius 2 is 1.41 bits per heavy atom. The van der Waals surface area contributed by atoms with Gasteiger partial charge in [0.2, 0.25) is 21.8 Å². The fraction of sp³-hybridized carbons (Fsp3) is 0.333. The van der Waals surface area contributed by atoms with Crippen molar-refractivity contribution in [1.29, 1.82) is 0 Å². The highest BCUT2D eigenvalue weighted by atomic mass is 32.2.